The summed E-state index contributed by atoms with van der Waals surface area (Å²) in [7, 11) is 0. The summed E-state index contributed by atoms with van der Waals surface area (Å²) in [6.45, 7) is 7.68. The van der Waals surface area contributed by atoms with E-state index in [-0.39, 0.29) is 6.10 Å². The van der Waals surface area contributed by atoms with Gasteiger partial charge in [0.2, 0.25) is 0 Å². The molecule has 2 atom stereocenters. The van der Waals surface area contributed by atoms with Gasteiger partial charge in [-0.15, -0.1) is 0 Å². The largest absolute Gasteiger partial charge is 0.491 e. The van der Waals surface area contributed by atoms with Crippen molar-refractivity contribution in [3.8, 4) is 11.8 Å². The Kier molecular flexibility index (Phi) is 7.06. The predicted octanol–water partition coefficient (Wildman–Crippen LogP) is 2.75. The van der Waals surface area contributed by atoms with Crippen LogP contribution in [0.3, 0.4) is 0 Å². The molecule has 0 heterocycles. The minimum atomic E-state index is -0.533. The van der Waals surface area contributed by atoms with Crippen molar-refractivity contribution in [3.05, 3.63) is 30.3 Å². The van der Waals surface area contributed by atoms with Crippen molar-refractivity contribution in [1.82, 2.24) is 5.32 Å². The Bertz CT molecular complexity index is 416. The highest BCUT2D eigenvalue weighted by Gasteiger charge is 2.25. The number of hydrogen-bond donors (Lipinski definition) is 1. The van der Waals surface area contributed by atoms with E-state index in [9.17, 15) is 5.26 Å². The van der Waals surface area contributed by atoms with Crippen LogP contribution in [-0.4, -0.2) is 31.4 Å². The van der Waals surface area contributed by atoms with Crippen LogP contribution in [0.15, 0.2) is 30.3 Å². The normalized spacial score (nSPS) is 15.1. The minimum absolute atomic E-state index is 0.0121. The van der Waals surface area contributed by atoms with Crippen molar-refractivity contribution in [2.75, 3.05) is 19.8 Å². The molecule has 0 spiro atoms. The van der Waals surface area contributed by atoms with Crippen LogP contribution in [0.4, 0.5) is 0 Å². The maximum atomic E-state index is 9.19. The van der Waals surface area contributed by atoms with Gasteiger partial charge in [0, 0.05) is 6.42 Å². The van der Waals surface area contributed by atoms with Crippen LogP contribution in [0.25, 0.3) is 0 Å². The van der Waals surface area contributed by atoms with Gasteiger partial charge in [0.25, 0.3) is 0 Å². The summed E-state index contributed by atoms with van der Waals surface area (Å²) in [4.78, 5) is 0. The monoisotopic (exact) mass is 276 g/mol. The second-order valence-corrected chi connectivity index (χ2v) is 5.02. The lowest BCUT2D eigenvalue weighted by atomic mass is 9.96. The second-order valence-electron chi connectivity index (χ2n) is 5.02. The van der Waals surface area contributed by atoms with Crippen molar-refractivity contribution in [1.29, 1.82) is 5.26 Å². The number of nitriles is 1. The quantitative estimate of drug-likeness (QED) is 0.705. The number of rotatable bonds is 9. The van der Waals surface area contributed by atoms with Gasteiger partial charge in [-0.1, -0.05) is 25.1 Å². The molecule has 1 rings (SSSR count). The van der Waals surface area contributed by atoms with E-state index in [4.69, 9.17) is 9.47 Å². The van der Waals surface area contributed by atoms with E-state index in [1.54, 1.807) is 0 Å². The number of benzene rings is 1. The first-order valence-electron chi connectivity index (χ1n) is 7.05. The lowest BCUT2D eigenvalue weighted by molar-refractivity contribution is 0.0298. The van der Waals surface area contributed by atoms with Crippen molar-refractivity contribution >= 4 is 0 Å². The van der Waals surface area contributed by atoms with E-state index < -0.39 is 5.54 Å². The molecule has 0 saturated carbocycles. The van der Waals surface area contributed by atoms with Crippen molar-refractivity contribution in [2.45, 2.75) is 38.8 Å². The average Bonchev–Trinajstić information content (AvgIpc) is 2.45. The Hall–Kier alpha value is -1.57. The zero-order valence-electron chi connectivity index (χ0n) is 12.6. The van der Waals surface area contributed by atoms with Gasteiger partial charge >= 0.3 is 0 Å². The Morgan fingerprint density at radius 3 is 2.60 bits per heavy atom. The van der Waals surface area contributed by atoms with E-state index in [2.05, 4.69) is 11.4 Å². The zero-order chi connectivity index (χ0) is 14.8. The molecule has 0 aromatic heterocycles. The second kappa shape index (κ2) is 8.57. The third-order valence-electron chi connectivity index (χ3n) is 3.01. The smallest absolute Gasteiger partial charge is 0.119 e. The van der Waals surface area contributed by atoms with E-state index >= 15 is 0 Å². The van der Waals surface area contributed by atoms with Crippen LogP contribution in [0.5, 0.6) is 5.75 Å². The van der Waals surface area contributed by atoms with Gasteiger partial charge in [-0.25, -0.2) is 0 Å². The summed E-state index contributed by atoms with van der Waals surface area (Å²) < 4.78 is 11.2. The van der Waals surface area contributed by atoms with E-state index in [1.807, 2.05) is 51.1 Å². The summed E-state index contributed by atoms with van der Waals surface area (Å²) in [5.41, 5.74) is -0.533. The predicted molar refractivity (Wildman–Crippen MR) is 79.7 cm³/mol. The van der Waals surface area contributed by atoms with Gasteiger partial charge in [-0.3, -0.25) is 5.32 Å². The highest BCUT2D eigenvalue weighted by Crippen LogP contribution is 2.14. The molecule has 110 valence electrons. The van der Waals surface area contributed by atoms with Crippen LogP contribution in [0, 0.1) is 11.3 Å². The molecule has 1 aromatic carbocycles. The molecule has 0 aliphatic heterocycles. The van der Waals surface area contributed by atoms with E-state index in [1.165, 1.54) is 0 Å². The molecule has 1 N–H and O–H groups in total. The fourth-order valence-corrected chi connectivity index (χ4v) is 2.11. The van der Waals surface area contributed by atoms with Crippen molar-refractivity contribution in [3.63, 3.8) is 0 Å². The standard InChI is InChI=1S/C16H24N2O2/c1-4-18-16(3,13-17)12-14(2)19-10-11-20-15-8-6-5-7-9-15/h5-9,14,18H,4,10-12H2,1-3H3. The van der Waals surface area contributed by atoms with Crippen LogP contribution in [0.1, 0.15) is 27.2 Å². The topological polar surface area (TPSA) is 54.3 Å². The SMILES string of the molecule is CCNC(C)(C#N)CC(C)OCCOc1ccccc1. The van der Waals surface area contributed by atoms with Crippen molar-refractivity contribution < 1.29 is 9.47 Å². The maximum absolute atomic E-state index is 9.19. The lowest BCUT2D eigenvalue weighted by Crippen LogP contribution is -2.43. The van der Waals surface area contributed by atoms with Gasteiger partial charge in [0.1, 0.15) is 17.9 Å². The van der Waals surface area contributed by atoms with E-state index in [0.29, 0.717) is 19.6 Å². The molecule has 0 radical (unpaired) electrons. The molecular weight excluding hydrogens is 252 g/mol. The number of para-hydroxylation sites is 1. The highest BCUT2D eigenvalue weighted by atomic mass is 16.5. The number of nitrogens with zero attached hydrogens (tertiary/aromatic N) is 1. The number of ether oxygens (including phenoxy) is 2. The third kappa shape index (κ3) is 6.05. The summed E-state index contributed by atoms with van der Waals surface area (Å²) >= 11 is 0. The summed E-state index contributed by atoms with van der Waals surface area (Å²) in [6.07, 6.45) is 0.668. The van der Waals surface area contributed by atoms with Gasteiger partial charge in [0.15, 0.2) is 0 Å². The Morgan fingerprint density at radius 2 is 2.00 bits per heavy atom. The molecule has 20 heavy (non-hydrogen) atoms. The number of hydrogen-bond acceptors (Lipinski definition) is 4. The molecule has 0 amide bonds. The molecule has 0 aliphatic carbocycles. The average molecular weight is 276 g/mol. The third-order valence-corrected chi connectivity index (χ3v) is 3.01. The molecule has 4 nitrogen and oxygen atoms in total. The Balaban J connectivity index is 2.23. The molecule has 0 bridgehead atoms. The fourth-order valence-electron chi connectivity index (χ4n) is 2.11. The van der Waals surface area contributed by atoms with Crippen molar-refractivity contribution in [2.24, 2.45) is 0 Å². The highest BCUT2D eigenvalue weighted by molar-refractivity contribution is 5.20. The molecule has 2 unspecified atom stereocenters. The van der Waals surface area contributed by atoms with Gasteiger partial charge in [-0.2, -0.15) is 5.26 Å². The maximum Gasteiger partial charge on any atom is 0.119 e. The summed E-state index contributed by atoms with van der Waals surface area (Å²) in [6, 6.07) is 12.0. The molecule has 0 aliphatic rings. The summed E-state index contributed by atoms with van der Waals surface area (Å²) in [5.74, 6) is 0.846. The first kappa shape index (κ1) is 16.5. The molecule has 1 aromatic rings. The van der Waals surface area contributed by atoms with E-state index in [0.717, 1.165) is 12.3 Å². The van der Waals surface area contributed by atoms with Gasteiger partial charge in [0.05, 0.1) is 18.8 Å². The Morgan fingerprint density at radius 1 is 1.30 bits per heavy atom. The molecule has 0 saturated heterocycles. The fraction of sp³-hybridized carbons (Fsp3) is 0.562. The number of nitrogens with one attached hydrogen (secondary N) is 1. The minimum Gasteiger partial charge on any atom is -0.491 e. The molecular formula is C16H24N2O2. The lowest BCUT2D eigenvalue weighted by Gasteiger charge is -2.26. The molecule has 4 heteroatoms. The van der Waals surface area contributed by atoms with Crippen LogP contribution in [0.2, 0.25) is 0 Å². The molecule has 0 fully saturated rings. The summed E-state index contributed by atoms with van der Waals surface area (Å²) in [5, 5.41) is 12.4. The van der Waals surface area contributed by atoms with Gasteiger partial charge in [-0.05, 0) is 32.5 Å². The first-order valence-corrected chi connectivity index (χ1v) is 7.05. The Labute approximate surface area is 121 Å². The van der Waals surface area contributed by atoms with Crippen LogP contribution < -0.4 is 10.1 Å². The zero-order valence-corrected chi connectivity index (χ0v) is 12.6. The van der Waals surface area contributed by atoms with Crippen LogP contribution in [-0.2, 0) is 4.74 Å². The van der Waals surface area contributed by atoms with Crippen LogP contribution >= 0.6 is 0 Å². The first-order chi connectivity index (χ1) is 9.59. The van der Waals surface area contributed by atoms with Gasteiger partial charge < -0.3 is 9.47 Å².